The maximum Gasteiger partial charge on any atom is 0.254 e. The van der Waals surface area contributed by atoms with E-state index >= 15 is 0 Å². The largest absolute Gasteiger partial charge is 0.473 e. The Morgan fingerprint density at radius 2 is 1.82 bits per heavy atom. The molecule has 5 heteroatoms. The Balaban J connectivity index is 1.42. The first kappa shape index (κ1) is 16.8. The minimum atomic E-state index is -0.543. The molecule has 0 spiro atoms. The monoisotopic (exact) mass is 372 g/mol. The van der Waals surface area contributed by atoms with Crippen LogP contribution in [-0.4, -0.2) is 18.0 Å². The highest BCUT2D eigenvalue weighted by Gasteiger charge is 2.44. The van der Waals surface area contributed by atoms with Gasteiger partial charge in [0.1, 0.15) is 0 Å². The summed E-state index contributed by atoms with van der Waals surface area (Å²) >= 11 is 0. The van der Waals surface area contributed by atoms with E-state index in [1.807, 2.05) is 49.4 Å². The third-order valence-electron chi connectivity index (χ3n) is 5.75. The van der Waals surface area contributed by atoms with E-state index in [1.165, 1.54) is 11.1 Å². The van der Waals surface area contributed by atoms with Crippen LogP contribution in [0.5, 0.6) is 0 Å². The standard InChI is InChI=1S/C23H20N2O3/c1-14-11-20(26)25(16-8-3-2-4-9-16)23(14)28-13-19-18-12-15-7-5-6-10-17(15)21(18)24-22(19)27/h2-11,13,18,21,23H,12H2,1H3,(H,24,27)/b19-13+. The number of nitrogens with one attached hydrogen (secondary N) is 1. The van der Waals surface area contributed by atoms with Gasteiger partial charge in [0.25, 0.3) is 11.8 Å². The van der Waals surface area contributed by atoms with Crippen LogP contribution in [0.3, 0.4) is 0 Å². The molecule has 3 atom stereocenters. The van der Waals surface area contributed by atoms with Crippen molar-refractivity contribution in [1.29, 1.82) is 0 Å². The van der Waals surface area contributed by atoms with Crippen LogP contribution in [0.4, 0.5) is 5.69 Å². The number of anilines is 1. The second-order valence-electron chi connectivity index (χ2n) is 7.45. The molecule has 5 rings (SSSR count). The van der Waals surface area contributed by atoms with E-state index in [0.717, 1.165) is 17.7 Å². The third kappa shape index (κ3) is 2.54. The summed E-state index contributed by atoms with van der Waals surface area (Å²) < 4.78 is 6.03. The quantitative estimate of drug-likeness (QED) is 0.665. The molecular formula is C23H20N2O3. The SMILES string of the molecule is CC1=CC(=O)N(c2ccccc2)C1O/C=C1/C(=O)NC2c3ccccc3CC12. The summed E-state index contributed by atoms with van der Waals surface area (Å²) in [6.45, 7) is 1.87. The minimum absolute atomic E-state index is 0.00521. The molecule has 0 saturated carbocycles. The van der Waals surface area contributed by atoms with Gasteiger partial charge in [-0.15, -0.1) is 0 Å². The highest BCUT2D eigenvalue weighted by Crippen LogP contribution is 2.44. The molecule has 0 radical (unpaired) electrons. The second kappa shape index (κ2) is 6.37. The fraction of sp³-hybridized carbons (Fsp3) is 0.217. The third-order valence-corrected chi connectivity index (χ3v) is 5.75. The molecule has 2 aromatic carbocycles. The molecule has 1 fully saturated rings. The molecule has 2 aliphatic heterocycles. The predicted octanol–water partition coefficient (Wildman–Crippen LogP) is 3.25. The first-order chi connectivity index (χ1) is 13.6. The smallest absolute Gasteiger partial charge is 0.254 e. The van der Waals surface area contributed by atoms with Crippen molar-refractivity contribution in [2.24, 2.45) is 5.92 Å². The Labute approximate surface area is 163 Å². The first-order valence-corrected chi connectivity index (χ1v) is 9.44. The van der Waals surface area contributed by atoms with Crippen LogP contribution in [0.15, 0.2) is 78.1 Å². The molecule has 0 aromatic heterocycles. The number of para-hydroxylation sites is 1. The molecule has 2 aromatic rings. The molecule has 2 heterocycles. The first-order valence-electron chi connectivity index (χ1n) is 9.44. The van der Waals surface area contributed by atoms with Gasteiger partial charge in [0, 0.05) is 17.7 Å². The predicted molar refractivity (Wildman–Crippen MR) is 105 cm³/mol. The molecule has 28 heavy (non-hydrogen) atoms. The summed E-state index contributed by atoms with van der Waals surface area (Å²) in [5.41, 5.74) is 4.67. The summed E-state index contributed by atoms with van der Waals surface area (Å²) in [5, 5.41) is 3.08. The Morgan fingerprint density at radius 1 is 1.07 bits per heavy atom. The number of ether oxygens (including phenoxy) is 1. The van der Waals surface area contributed by atoms with Crippen molar-refractivity contribution in [2.75, 3.05) is 4.90 Å². The fourth-order valence-electron chi connectivity index (χ4n) is 4.41. The van der Waals surface area contributed by atoms with Crippen LogP contribution in [0.25, 0.3) is 0 Å². The zero-order chi connectivity index (χ0) is 19.3. The summed E-state index contributed by atoms with van der Waals surface area (Å²) in [4.78, 5) is 26.6. The second-order valence-corrected chi connectivity index (χ2v) is 7.45. The van der Waals surface area contributed by atoms with Crippen molar-refractivity contribution in [3.05, 3.63) is 89.2 Å². The lowest BCUT2D eigenvalue weighted by molar-refractivity contribution is -0.116. The Morgan fingerprint density at radius 3 is 2.64 bits per heavy atom. The molecule has 3 aliphatic rings. The van der Waals surface area contributed by atoms with Crippen LogP contribution in [-0.2, 0) is 20.7 Å². The molecule has 1 aliphatic carbocycles. The zero-order valence-electron chi connectivity index (χ0n) is 15.5. The van der Waals surface area contributed by atoms with Gasteiger partial charge in [0.15, 0.2) is 0 Å². The van der Waals surface area contributed by atoms with E-state index in [1.54, 1.807) is 17.2 Å². The number of nitrogens with zero attached hydrogens (tertiary/aromatic N) is 1. The lowest BCUT2D eigenvalue weighted by atomic mass is 9.97. The molecule has 1 N–H and O–H groups in total. The van der Waals surface area contributed by atoms with Crippen molar-refractivity contribution in [2.45, 2.75) is 25.6 Å². The molecule has 140 valence electrons. The molecule has 5 nitrogen and oxygen atoms in total. The van der Waals surface area contributed by atoms with Crippen LogP contribution >= 0.6 is 0 Å². The highest BCUT2D eigenvalue weighted by atomic mass is 16.5. The topological polar surface area (TPSA) is 58.6 Å². The number of carbonyl (C=O) groups is 2. The lowest BCUT2D eigenvalue weighted by Gasteiger charge is -2.26. The number of amides is 2. The average molecular weight is 372 g/mol. The van der Waals surface area contributed by atoms with Crippen LogP contribution < -0.4 is 10.2 Å². The van der Waals surface area contributed by atoms with Gasteiger partial charge in [-0.3, -0.25) is 14.5 Å². The Kier molecular flexibility index (Phi) is 3.83. The number of fused-ring (bicyclic) bond motifs is 3. The number of rotatable bonds is 3. The summed E-state index contributed by atoms with van der Waals surface area (Å²) in [6, 6.07) is 17.6. The minimum Gasteiger partial charge on any atom is -0.473 e. The number of hydrogen-bond acceptors (Lipinski definition) is 3. The van der Waals surface area contributed by atoms with Crippen molar-refractivity contribution in [3.8, 4) is 0 Å². The fourth-order valence-corrected chi connectivity index (χ4v) is 4.41. The lowest BCUT2D eigenvalue weighted by Crippen LogP contribution is -2.36. The Bertz CT molecular complexity index is 1030. The molecule has 0 bridgehead atoms. The van der Waals surface area contributed by atoms with Gasteiger partial charge >= 0.3 is 0 Å². The van der Waals surface area contributed by atoms with E-state index < -0.39 is 6.23 Å². The zero-order valence-corrected chi connectivity index (χ0v) is 15.5. The number of carbonyl (C=O) groups excluding carboxylic acids is 2. The van der Waals surface area contributed by atoms with E-state index in [0.29, 0.717) is 5.57 Å². The van der Waals surface area contributed by atoms with Crippen molar-refractivity contribution >= 4 is 17.5 Å². The normalized spacial score (nSPS) is 26.9. The van der Waals surface area contributed by atoms with Gasteiger partial charge in [-0.25, -0.2) is 0 Å². The van der Waals surface area contributed by atoms with E-state index in [9.17, 15) is 9.59 Å². The maximum absolute atomic E-state index is 12.5. The van der Waals surface area contributed by atoms with E-state index in [2.05, 4.69) is 17.4 Å². The van der Waals surface area contributed by atoms with Crippen LogP contribution in [0, 0.1) is 5.92 Å². The average Bonchev–Trinajstić information content (AvgIpc) is 3.30. The summed E-state index contributed by atoms with van der Waals surface area (Å²) in [7, 11) is 0. The number of benzene rings is 2. The molecule has 2 amide bonds. The van der Waals surface area contributed by atoms with Gasteiger partial charge in [-0.2, -0.15) is 0 Å². The van der Waals surface area contributed by atoms with Crippen LogP contribution in [0.2, 0.25) is 0 Å². The molecular weight excluding hydrogens is 352 g/mol. The van der Waals surface area contributed by atoms with Gasteiger partial charge in [-0.1, -0.05) is 42.5 Å². The van der Waals surface area contributed by atoms with Gasteiger partial charge in [-0.05, 0) is 42.2 Å². The Hall–Kier alpha value is -3.34. The van der Waals surface area contributed by atoms with Crippen molar-refractivity contribution in [1.82, 2.24) is 5.32 Å². The summed E-state index contributed by atoms with van der Waals surface area (Å²) in [5.74, 6) is -0.146. The van der Waals surface area contributed by atoms with Gasteiger partial charge < -0.3 is 10.1 Å². The summed E-state index contributed by atoms with van der Waals surface area (Å²) in [6.07, 6.45) is 3.41. The van der Waals surface area contributed by atoms with E-state index in [4.69, 9.17) is 4.74 Å². The van der Waals surface area contributed by atoms with Crippen LogP contribution in [0.1, 0.15) is 24.1 Å². The number of hydrogen-bond donors (Lipinski definition) is 1. The van der Waals surface area contributed by atoms with Crippen molar-refractivity contribution < 1.29 is 14.3 Å². The van der Waals surface area contributed by atoms with Gasteiger partial charge in [0.2, 0.25) is 6.23 Å². The highest BCUT2D eigenvalue weighted by molar-refractivity contribution is 6.05. The van der Waals surface area contributed by atoms with Gasteiger partial charge in [0.05, 0.1) is 17.9 Å². The molecule has 3 unspecified atom stereocenters. The molecule has 1 saturated heterocycles. The van der Waals surface area contributed by atoms with E-state index in [-0.39, 0.29) is 23.8 Å². The maximum atomic E-state index is 12.5. The van der Waals surface area contributed by atoms with Crippen molar-refractivity contribution in [3.63, 3.8) is 0 Å².